The highest BCUT2D eigenvalue weighted by atomic mass is 16.6. The molecule has 0 aliphatic heterocycles. The smallest absolute Gasteiger partial charge is 0.168 e. The Morgan fingerprint density at radius 3 is 2.71 bits per heavy atom. The van der Waals surface area contributed by atoms with Crippen LogP contribution in [0.1, 0.15) is 0 Å². The number of ether oxygens (including phenoxy) is 1. The summed E-state index contributed by atoms with van der Waals surface area (Å²) in [4.78, 5) is 0. The van der Waals surface area contributed by atoms with Crippen molar-refractivity contribution in [3.8, 4) is 0 Å². The molecule has 44 valence electrons. The SMILES string of the molecule is COC(O)CNN. The van der Waals surface area contributed by atoms with Gasteiger partial charge in [0.05, 0.1) is 6.54 Å². The van der Waals surface area contributed by atoms with E-state index in [4.69, 9.17) is 10.9 Å². The number of hydrogen-bond acceptors (Lipinski definition) is 4. The Labute approximate surface area is 42.2 Å². The summed E-state index contributed by atoms with van der Waals surface area (Å²) < 4.78 is 4.40. The molecular weight excluding hydrogens is 96.0 g/mol. The van der Waals surface area contributed by atoms with Crippen LogP contribution in [-0.4, -0.2) is 25.1 Å². The van der Waals surface area contributed by atoms with Crippen molar-refractivity contribution in [1.82, 2.24) is 5.43 Å². The molecule has 4 nitrogen and oxygen atoms in total. The highest BCUT2D eigenvalue weighted by Crippen LogP contribution is 1.74. The molecule has 4 heteroatoms. The van der Waals surface area contributed by atoms with E-state index in [1.165, 1.54) is 7.11 Å². The Balaban J connectivity index is 2.83. The minimum absolute atomic E-state index is 0.260. The predicted octanol–water partition coefficient (Wildman–Crippen LogP) is -1.59. The molecule has 0 saturated heterocycles. The zero-order valence-corrected chi connectivity index (χ0v) is 4.22. The van der Waals surface area contributed by atoms with Gasteiger partial charge >= 0.3 is 0 Å². The highest BCUT2D eigenvalue weighted by Gasteiger charge is 1.94. The van der Waals surface area contributed by atoms with Crippen LogP contribution in [-0.2, 0) is 4.74 Å². The Bertz CT molecular complexity index is 41.9. The number of nitrogens with two attached hydrogens (primary N) is 1. The second-order valence-electron chi connectivity index (χ2n) is 1.10. The van der Waals surface area contributed by atoms with Crippen LogP contribution in [0, 0.1) is 0 Å². The average molecular weight is 106 g/mol. The van der Waals surface area contributed by atoms with Gasteiger partial charge in [0.2, 0.25) is 0 Å². The molecular formula is C3H10N2O2. The van der Waals surface area contributed by atoms with Crippen LogP contribution >= 0.6 is 0 Å². The lowest BCUT2D eigenvalue weighted by atomic mass is 10.6. The number of hydrazine groups is 1. The zero-order valence-electron chi connectivity index (χ0n) is 4.22. The molecule has 0 heterocycles. The van der Waals surface area contributed by atoms with Gasteiger partial charge in [-0.25, -0.2) is 0 Å². The molecule has 0 bridgehead atoms. The Morgan fingerprint density at radius 1 is 2.00 bits per heavy atom. The second kappa shape index (κ2) is 4.01. The fourth-order valence-corrected chi connectivity index (χ4v) is 0.184. The van der Waals surface area contributed by atoms with E-state index in [1.807, 2.05) is 0 Å². The van der Waals surface area contributed by atoms with E-state index in [2.05, 4.69) is 10.2 Å². The molecule has 0 saturated carbocycles. The molecule has 0 radical (unpaired) electrons. The number of methoxy groups -OCH3 is 1. The molecule has 1 unspecified atom stereocenters. The molecule has 0 aromatic carbocycles. The third-order valence-corrected chi connectivity index (χ3v) is 0.565. The number of hydrogen-bond donors (Lipinski definition) is 3. The molecule has 0 fully saturated rings. The zero-order chi connectivity index (χ0) is 5.70. The molecule has 4 N–H and O–H groups in total. The molecule has 0 aliphatic carbocycles. The summed E-state index contributed by atoms with van der Waals surface area (Å²) in [6, 6.07) is 0. The van der Waals surface area contributed by atoms with Crippen molar-refractivity contribution in [2.75, 3.05) is 13.7 Å². The quantitative estimate of drug-likeness (QED) is 0.230. The summed E-state index contributed by atoms with van der Waals surface area (Å²) >= 11 is 0. The number of aliphatic hydroxyl groups excluding tert-OH is 1. The van der Waals surface area contributed by atoms with Gasteiger partial charge in [-0.1, -0.05) is 0 Å². The maximum absolute atomic E-state index is 8.49. The number of rotatable bonds is 3. The van der Waals surface area contributed by atoms with Gasteiger partial charge in [0.25, 0.3) is 0 Å². The Kier molecular flexibility index (Phi) is 3.92. The van der Waals surface area contributed by atoms with Crippen molar-refractivity contribution < 1.29 is 9.84 Å². The summed E-state index contributed by atoms with van der Waals surface area (Å²) in [5, 5.41) is 8.49. The fourth-order valence-electron chi connectivity index (χ4n) is 0.184. The molecule has 1 atom stereocenters. The molecule has 7 heavy (non-hydrogen) atoms. The largest absolute Gasteiger partial charge is 0.367 e. The lowest BCUT2D eigenvalue weighted by Crippen LogP contribution is -2.32. The van der Waals surface area contributed by atoms with E-state index in [0.717, 1.165) is 0 Å². The van der Waals surface area contributed by atoms with Crippen LogP contribution < -0.4 is 11.3 Å². The third kappa shape index (κ3) is 3.68. The van der Waals surface area contributed by atoms with E-state index in [1.54, 1.807) is 0 Å². The summed E-state index contributed by atoms with van der Waals surface area (Å²) in [6.45, 7) is 0.260. The summed E-state index contributed by atoms with van der Waals surface area (Å²) in [7, 11) is 1.40. The first-order chi connectivity index (χ1) is 3.31. The monoisotopic (exact) mass is 106 g/mol. The van der Waals surface area contributed by atoms with Crippen molar-refractivity contribution in [3.63, 3.8) is 0 Å². The second-order valence-corrected chi connectivity index (χ2v) is 1.10. The fraction of sp³-hybridized carbons (Fsp3) is 1.00. The van der Waals surface area contributed by atoms with Gasteiger partial charge < -0.3 is 9.84 Å². The van der Waals surface area contributed by atoms with E-state index < -0.39 is 6.29 Å². The van der Waals surface area contributed by atoms with Gasteiger partial charge in [0.15, 0.2) is 6.29 Å². The van der Waals surface area contributed by atoms with Gasteiger partial charge in [-0.3, -0.25) is 11.3 Å². The van der Waals surface area contributed by atoms with E-state index in [0.29, 0.717) is 0 Å². The van der Waals surface area contributed by atoms with E-state index in [9.17, 15) is 0 Å². The van der Waals surface area contributed by atoms with Crippen molar-refractivity contribution in [2.45, 2.75) is 6.29 Å². The summed E-state index contributed by atoms with van der Waals surface area (Å²) in [5.74, 6) is 4.81. The van der Waals surface area contributed by atoms with Gasteiger partial charge in [-0.15, -0.1) is 0 Å². The van der Waals surface area contributed by atoms with Crippen LogP contribution in [0.4, 0.5) is 0 Å². The van der Waals surface area contributed by atoms with E-state index >= 15 is 0 Å². The van der Waals surface area contributed by atoms with Crippen LogP contribution in [0.25, 0.3) is 0 Å². The normalized spacial score (nSPS) is 14.1. The average Bonchev–Trinajstić information content (AvgIpc) is 1.68. The topological polar surface area (TPSA) is 67.5 Å². The van der Waals surface area contributed by atoms with Gasteiger partial charge in [0, 0.05) is 7.11 Å². The van der Waals surface area contributed by atoms with Crippen molar-refractivity contribution in [2.24, 2.45) is 5.84 Å². The minimum atomic E-state index is -0.787. The number of aliphatic hydroxyl groups is 1. The van der Waals surface area contributed by atoms with Crippen molar-refractivity contribution in [1.29, 1.82) is 0 Å². The third-order valence-electron chi connectivity index (χ3n) is 0.565. The standard InChI is InChI=1S/C3H10N2O2/c1-7-3(6)2-5-4/h3,5-6H,2,4H2,1H3. The van der Waals surface area contributed by atoms with Crippen molar-refractivity contribution in [3.05, 3.63) is 0 Å². The maximum atomic E-state index is 8.49. The maximum Gasteiger partial charge on any atom is 0.168 e. The molecule has 0 aliphatic rings. The van der Waals surface area contributed by atoms with Crippen LogP contribution in [0.2, 0.25) is 0 Å². The predicted molar refractivity (Wildman–Crippen MR) is 25.2 cm³/mol. The van der Waals surface area contributed by atoms with Gasteiger partial charge in [0.1, 0.15) is 0 Å². The van der Waals surface area contributed by atoms with Gasteiger partial charge in [-0.05, 0) is 0 Å². The number of nitrogens with one attached hydrogen (secondary N) is 1. The minimum Gasteiger partial charge on any atom is -0.367 e. The lowest BCUT2D eigenvalue weighted by molar-refractivity contribution is -0.0706. The molecule has 0 amide bonds. The molecule has 0 aromatic heterocycles. The first kappa shape index (κ1) is 6.84. The van der Waals surface area contributed by atoms with Crippen LogP contribution in [0.5, 0.6) is 0 Å². The summed E-state index contributed by atoms with van der Waals surface area (Å²) in [6.07, 6.45) is -0.787. The molecule has 0 rings (SSSR count). The highest BCUT2D eigenvalue weighted by molar-refractivity contribution is 4.37. The van der Waals surface area contributed by atoms with Gasteiger partial charge in [-0.2, -0.15) is 0 Å². The lowest BCUT2D eigenvalue weighted by Gasteiger charge is -2.04. The van der Waals surface area contributed by atoms with E-state index in [-0.39, 0.29) is 6.54 Å². The first-order valence-corrected chi connectivity index (χ1v) is 1.95. The van der Waals surface area contributed by atoms with Crippen LogP contribution in [0.3, 0.4) is 0 Å². The molecule has 0 aromatic rings. The summed E-state index contributed by atoms with van der Waals surface area (Å²) in [5.41, 5.74) is 2.24. The molecule has 0 spiro atoms. The van der Waals surface area contributed by atoms with Crippen LogP contribution in [0.15, 0.2) is 0 Å². The van der Waals surface area contributed by atoms with Crippen molar-refractivity contribution >= 4 is 0 Å². The Morgan fingerprint density at radius 2 is 2.57 bits per heavy atom. The Hall–Kier alpha value is -0.160. The first-order valence-electron chi connectivity index (χ1n) is 1.95.